The van der Waals surface area contributed by atoms with Crippen molar-refractivity contribution < 1.29 is 25.8 Å². The largest absolute Gasteiger partial charge is 0.376 e. The molecule has 0 aromatic carbocycles. The molecular formula is C7H15ClOPtSi. The molecule has 0 bridgehead atoms. The van der Waals surface area contributed by atoms with Crippen LogP contribution in [0.4, 0.5) is 0 Å². The van der Waals surface area contributed by atoms with E-state index in [1.54, 1.807) is 0 Å². The van der Waals surface area contributed by atoms with Gasteiger partial charge in [0.25, 0.3) is 0 Å². The summed E-state index contributed by atoms with van der Waals surface area (Å²) in [6.45, 7) is 4.71. The van der Waals surface area contributed by atoms with Gasteiger partial charge in [0.15, 0.2) is 0 Å². The first-order valence-electron chi connectivity index (χ1n) is 3.54. The molecular weight excluding hydrogens is 359 g/mol. The Morgan fingerprint density at radius 3 is 2.36 bits per heavy atom. The van der Waals surface area contributed by atoms with Crippen LogP contribution in [0.3, 0.4) is 0 Å². The van der Waals surface area contributed by atoms with Gasteiger partial charge in [-0.1, -0.05) is 6.08 Å². The van der Waals surface area contributed by atoms with Crippen molar-refractivity contribution >= 4 is 22.6 Å². The second kappa shape index (κ2) is 6.42. The van der Waals surface area contributed by atoms with Crippen LogP contribution >= 0.6 is 12.4 Å². The third-order valence-corrected chi connectivity index (χ3v) is 3.13. The molecule has 0 saturated carbocycles. The van der Waals surface area contributed by atoms with Crippen molar-refractivity contribution in [3.63, 3.8) is 0 Å². The van der Waals surface area contributed by atoms with E-state index in [1.165, 1.54) is 19.3 Å². The number of halogens is 1. The minimum atomic E-state index is 0. The van der Waals surface area contributed by atoms with Gasteiger partial charge < -0.3 is 4.74 Å². The fraction of sp³-hybridized carbons (Fsp3) is 0.714. The molecule has 1 saturated heterocycles. The maximum Gasteiger partial charge on any atom is 0.0653 e. The van der Waals surface area contributed by atoms with Gasteiger partial charge in [0, 0.05) is 37.9 Å². The average Bonchev–Trinajstić information content (AvgIpc) is 1.90. The molecule has 0 N–H and O–H groups in total. The predicted octanol–water partition coefficient (Wildman–Crippen LogP) is 0.854. The van der Waals surface area contributed by atoms with Crippen molar-refractivity contribution in [2.45, 2.75) is 24.5 Å². The molecule has 11 heavy (non-hydrogen) atoms. The van der Waals surface area contributed by atoms with Gasteiger partial charge in [-0.3, -0.25) is 0 Å². The van der Waals surface area contributed by atoms with Gasteiger partial charge in [0.2, 0.25) is 0 Å². The van der Waals surface area contributed by atoms with Crippen LogP contribution in [0.25, 0.3) is 0 Å². The molecule has 0 aromatic rings. The van der Waals surface area contributed by atoms with E-state index in [2.05, 4.69) is 6.58 Å². The SMILES string of the molecule is C=CC1([SiH3])CCCCO1.Cl.[Pt]. The molecule has 0 radical (unpaired) electrons. The Hall–Kier alpha value is 0.895. The summed E-state index contributed by atoms with van der Waals surface area (Å²) in [6, 6.07) is 0. The smallest absolute Gasteiger partial charge is 0.0653 e. The maximum absolute atomic E-state index is 5.56. The van der Waals surface area contributed by atoms with E-state index in [-0.39, 0.29) is 38.7 Å². The summed E-state index contributed by atoms with van der Waals surface area (Å²) in [5, 5.41) is 0.123. The topological polar surface area (TPSA) is 9.23 Å². The molecule has 1 atom stereocenters. The summed E-state index contributed by atoms with van der Waals surface area (Å²) in [5.74, 6) is 0. The van der Waals surface area contributed by atoms with Crippen LogP contribution in [0, 0.1) is 0 Å². The standard InChI is InChI=1S/C7H14OSi.ClH.Pt/c1-2-7(9)5-3-4-6-8-7;;/h2H,1,3-6H2,9H3;1H;. The third-order valence-electron chi connectivity index (χ3n) is 1.93. The molecule has 0 aromatic heterocycles. The maximum atomic E-state index is 5.56. The fourth-order valence-corrected chi connectivity index (χ4v) is 1.67. The molecule has 1 unspecified atom stereocenters. The van der Waals surface area contributed by atoms with Crippen LogP contribution in [0.15, 0.2) is 12.7 Å². The van der Waals surface area contributed by atoms with Crippen LogP contribution in [-0.4, -0.2) is 22.1 Å². The van der Waals surface area contributed by atoms with Gasteiger partial charge in [-0.2, -0.15) is 0 Å². The number of hydrogen-bond donors (Lipinski definition) is 0. The monoisotopic (exact) mass is 373 g/mol. The second-order valence-corrected chi connectivity index (χ2v) is 4.52. The number of hydrogen-bond acceptors (Lipinski definition) is 1. The molecule has 1 aliphatic rings. The molecule has 1 heterocycles. The van der Waals surface area contributed by atoms with Crippen molar-refractivity contribution in [1.82, 2.24) is 0 Å². The van der Waals surface area contributed by atoms with Gasteiger partial charge in [-0.05, 0) is 19.3 Å². The molecule has 0 amide bonds. The van der Waals surface area contributed by atoms with Crippen LogP contribution in [0.2, 0.25) is 0 Å². The van der Waals surface area contributed by atoms with E-state index in [4.69, 9.17) is 4.74 Å². The molecule has 1 aliphatic heterocycles. The van der Waals surface area contributed by atoms with Crippen molar-refractivity contribution in [3.8, 4) is 0 Å². The molecule has 1 rings (SSSR count). The van der Waals surface area contributed by atoms with Gasteiger partial charge in [0.05, 0.1) is 5.22 Å². The molecule has 0 aliphatic carbocycles. The van der Waals surface area contributed by atoms with Crippen molar-refractivity contribution in [2.24, 2.45) is 0 Å². The van der Waals surface area contributed by atoms with E-state index >= 15 is 0 Å². The van der Waals surface area contributed by atoms with Crippen molar-refractivity contribution in [1.29, 1.82) is 0 Å². The van der Waals surface area contributed by atoms with Crippen LogP contribution < -0.4 is 0 Å². The van der Waals surface area contributed by atoms with Crippen LogP contribution in [0.1, 0.15) is 19.3 Å². The summed E-state index contributed by atoms with van der Waals surface area (Å²) in [5.41, 5.74) is 0. The van der Waals surface area contributed by atoms with Gasteiger partial charge in [0.1, 0.15) is 0 Å². The Labute approximate surface area is 92.1 Å². The van der Waals surface area contributed by atoms with Gasteiger partial charge in [-0.15, -0.1) is 19.0 Å². The molecule has 4 heteroatoms. The Morgan fingerprint density at radius 2 is 2.09 bits per heavy atom. The number of ether oxygens (including phenoxy) is 1. The first kappa shape index (κ1) is 14.4. The summed E-state index contributed by atoms with van der Waals surface area (Å²) < 4.78 is 5.56. The quantitative estimate of drug-likeness (QED) is 0.489. The zero-order valence-electron chi connectivity index (χ0n) is 6.75. The first-order chi connectivity index (χ1) is 4.27. The normalized spacial score (nSPS) is 29.8. The fourth-order valence-electron chi connectivity index (χ4n) is 1.12. The minimum Gasteiger partial charge on any atom is -0.376 e. The Kier molecular flexibility index (Phi) is 8.41. The molecule has 0 spiro atoms. The summed E-state index contributed by atoms with van der Waals surface area (Å²) in [4.78, 5) is 0. The third kappa shape index (κ3) is 4.46. The van der Waals surface area contributed by atoms with Gasteiger partial charge in [-0.25, -0.2) is 0 Å². The van der Waals surface area contributed by atoms with Crippen LogP contribution in [-0.2, 0) is 25.8 Å². The van der Waals surface area contributed by atoms with Crippen LogP contribution in [0.5, 0.6) is 0 Å². The minimum absolute atomic E-state index is 0. The summed E-state index contributed by atoms with van der Waals surface area (Å²) in [7, 11) is 1.09. The summed E-state index contributed by atoms with van der Waals surface area (Å²) in [6.07, 6.45) is 5.72. The molecule has 1 fully saturated rings. The van der Waals surface area contributed by atoms with Crippen molar-refractivity contribution in [3.05, 3.63) is 12.7 Å². The van der Waals surface area contributed by atoms with Crippen molar-refractivity contribution in [2.75, 3.05) is 6.61 Å². The first-order valence-corrected chi connectivity index (χ1v) is 4.54. The van der Waals surface area contributed by atoms with E-state index in [1.807, 2.05) is 6.08 Å². The number of rotatable bonds is 1. The molecule has 1 nitrogen and oxygen atoms in total. The molecule has 70 valence electrons. The van der Waals surface area contributed by atoms with E-state index in [0.717, 1.165) is 16.8 Å². The van der Waals surface area contributed by atoms with E-state index in [0.29, 0.717) is 0 Å². The van der Waals surface area contributed by atoms with E-state index in [9.17, 15) is 0 Å². The Balaban J connectivity index is 0. The zero-order chi connectivity index (χ0) is 6.74. The predicted molar refractivity (Wildman–Crippen MR) is 49.9 cm³/mol. The zero-order valence-corrected chi connectivity index (χ0v) is 11.8. The Bertz CT molecular complexity index is 115. The average molecular weight is 374 g/mol. The summed E-state index contributed by atoms with van der Waals surface area (Å²) >= 11 is 0. The second-order valence-electron chi connectivity index (χ2n) is 2.82. The van der Waals surface area contributed by atoms with Gasteiger partial charge >= 0.3 is 0 Å². The van der Waals surface area contributed by atoms with E-state index < -0.39 is 0 Å². The Morgan fingerprint density at radius 1 is 1.45 bits per heavy atom.